The molecule has 0 spiro atoms. The second kappa shape index (κ2) is 12.8. The van der Waals surface area contributed by atoms with E-state index >= 15 is 0 Å². The first-order valence-electron chi connectivity index (χ1n) is 12.5. The lowest BCUT2D eigenvalue weighted by Crippen LogP contribution is -2.28. The standard InChI is InChI=1S/C32H27N3O3S/c1-24(18-25-10-4-2-5-11-25)21-33-34-32-35(22-29-16-9-17-37-29)31(36)30(39-32)20-27-14-8-15-28(19-27)38-23-26-12-6-3-7-13-26/h2-21H,22-23H2,1H3/b24-18+,30-20-,33-21-,34-32+. The molecule has 194 valence electrons. The van der Waals surface area contributed by atoms with Crippen molar-refractivity contribution < 1.29 is 13.9 Å². The van der Waals surface area contributed by atoms with Crippen LogP contribution in [0.4, 0.5) is 0 Å². The lowest BCUT2D eigenvalue weighted by atomic mass is 10.1. The predicted octanol–water partition coefficient (Wildman–Crippen LogP) is 7.42. The first-order chi connectivity index (χ1) is 19.1. The van der Waals surface area contributed by atoms with E-state index in [1.165, 1.54) is 11.8 Å². The number of nitrogens with zero attached hydrogens (tertiary/aromatic N) is 3. The van der Waals surface area contributed by atoms with Crippen molar-refractivity contribution in [3.8, 4) is 5.75 Å². The average molecular weight is 534 g/mol. The smallest absolute Gasteiger partial charge is 0.267 e. The van der Waals surface area contributed by atoms with Gasteiger partial charge in [0, 0.05) is 0 Å². The zero-order valence-corrected chi connectivity index (χ0v) is 22.3. The van der Waals surface area contributed by atoms with Crippen LogP contribution in [0.25, 0.3) is 12.2 Å². The lowest BCUT2D eigenvalue weighted by Gasteiger charge is -2.12. The van der Waals surface area contributed by atoms with Crippen LogP contribution >= 0.6 is 11.8 Å². The summed E-state index contributed by atoms with van der Waals surface area (Å²) in [5, 5.41) is 9.16. The second-order valence-corrected chi connectivity index (χ2v) is 9.86. The van der Waals surface area contributed by atoms with Crippen molar-refractivity contribution >= 4 is 41.2 Å². The number of rotatable bonds is 9. The van der Waals surface area contributed by atoms with E-state index in [4.69, 9.17) is 9.15 Å². The largest absolute Gasteiger partial charge is 0.489 e. The molecule has 1 amide bonds. The fourth-order valence-corrected chi connectivity index (χ4v) is 4.82. The first-order valence-corrected chi connectivity index (χ1v) is 13.3. The molecule has 1 aliphatic rings. The van der Waals surface area contributed by atoms with Gasteiger partial charge in [0.1, 0.15) is 18.1 Å². The molecule has 4 aromatic rings. The summed E-state index contributed by atoms with van der Waals surface area (Å²) in [5.41, 5.74) is 3.98. The molecule has 5 rings (SSSR count). The van der Waals surface area contributed by atoms with Crippen molar-refractivity contribution in [1.82, 2.24) is 4.90 Å². The number of hydrogen-bond donors (Lipinski definition) is 0. The van der Waals surface area contributed by atoms with E-state index in [-0.39, 0.29) is 12.5 Å². The van der Waals surface area contributed by atoms with E-state index in [1.54, 1.807) is 23.4 Å². The molecular formula is C32H27N3O3S. The summed E-state index contributed by atoms with van der Waals surface area (Å²) in [4.78, 5) is 15.5. The van der Waals surface area contributed by atoms with Crippen LogP contribution in [0.15, 0.2) is 128 Å². The summed E-state index contributed by atoms with van der Waals surface area (Å²) in [7, 11) is 0. The molecule has 0 radical (unpaired) electrons. The first kappa shape index (κ1) is 26.0. The molecule has 0 aliphatic carbocycles. The lowest BCUT2D eigenvalue weighted by molar-refractivity contribution is -0.122. The molecule has 0 unspecified atom stereocenters. The third-order valence-corrected chi connectivity index (χ3v) is 6.78. The molecule has 2 heterocycles. The van der Waals surface area contributed by atoms with Gasteiger partial charge in [0.2, 0.25) is 0 Å². The number of allylic oxidation sites excluding steroid dienone is 1. The third-order valence-electron chi connectivity index (χ3n) is 5.78. The number of benzene rings is 3. The van der Waals surface area contributed by atoms with Crippen LogP contribution in [0, 0.1) is 0 Å². The van der Waals surface area contributed by atoms with Gasteiger partial charge in [-0.3, -0.25) is 9.69 Å². The number of carbonyl (C=O) groups is 1. The molecule has 3 aromatic carbocycles. The number of ether oxygens (including phenoxy) is 1. The molecule has 0 atom stereocenters. The summed E-state index contributed by atoms with van der Waals surface area (Å²) in [6.07, 6.45) is 7.15. The number of carbonyl (C=O) groups excluding carboxylic acids is 1. The monoisotopic (exact) mass is 533 g/mol. The molecule has 1 saturated heterocycles. The minimum absolute atomic E-state index is 0.155. The van der Waals surface area contributed by atoms with Crippen LogP contribution in [0.5, 0.6) is 5.75 Å². The predicted molar refractivity (Wildman–Crippen MR) is 158 cm³/mol. The van der Waals surface area contributed by atoms with Crippen molar-refractivity contribution in [2.45, 2.75) is 20.1 Å². The van der Waals surface area contributed by atoms with Gasteiger partial charge in [-0.2, -0.15) is 5.10 Å². The highest BCUT2D eigenvalue weighted by Crippen LogP contribution is 2.34. The zero-order valence-electron chi connectivity index (χ0n) is 21.4. The maximum atomic E-state index is 13.4. The van der Waals surface area contributed by atoms with E-state index in [1.807, 2.05) is 110 Å². The number of hydrogen-bond acceptors (Lipinski definition) is 6. The van der Waals surface area contributed by atoms with Gasteiger partial charge in [0.15, 0.2) is 5.17 Å². The van der Waals surface area contributed by atoms with Gasteiger partial charge in [-0.05, 0) is 71.3 Å². The van der Waals surface area contributed by atoms with Crippen molar-refractivity contribution in [3.05, 3.63) is 136 Å². The fraction of sp³-hybridized carbons (Fsp3) is 0.0938. The van der Waals surface area contributed by atoms with E-state index in [2.05, 4.69) is 10.2 Å². The van der Waals surface area contributed by atoms with Crippen molar-refractivity contribution in [2.24, 2.45) is 10.2 Å². The Balaban J connectivity index is 1.34. The Labute approximate surface area is 232 Å². The van der Waals surface area contributed by atoms with Gasteiger partial charge in [-0.25, -0.2) is 0 Å². The van der Waals surface area contributed by atoms with E-state index < -0.39 is 0 Å². The number of amidine groups is 1. The van der Waals surface area contributed by atoms with Gasteiger partial charge in [0.05, 0.1) is 23.9 Å². The highest BCUT2D eigenvalue weighted by Gasteiger charge is 2.34. The highest BCUT2D eigenvalue weighted by atomic mass is 32.2. The van der Waals surface area contributed by atoms with Gasteiger partial charge >= 0.3 is 0 Å². The van der Waals surface area contributed by atoms with E-state index in [0.717, 1.165) is 28.0 Å². The van der Waals surface area contributed by atoms with Crippen molar-refractivity contribution in [3.63, 3.8) is 0 Å². The Morgan fingerprint density at radius 3 is 2.49 bits per heavy atom. The van der Waals surface area contributed by atoms with Gasteiger partial charge < -0.3 is 9.15 Å². The molecule has 1 aromatic heterocycles. The van der Waals surface area contributed by atoms with Crippen LogP contribution in [-0.4, -0.2) is 22.2 Å². The summed E-state index contributed by atoms with van der Waals surface area (Å²) in [6, 6.07) is 31.3. The Bertz CT molecular complexity index is 1530. The van der Waals surface area contributed by atoms with Crippen LogP contribution in [-0.2, 0) is 17.9 Å². The molecule has 6 nitrogen and oxygen atoms in total. The Morgan fingerprint density at radius 1 is 0.949 bits per heavy atom. The molecule has 39 heavy (non-hydrogen) atoms. The second-order valence-electron chi connectivity index (χ2n) is 8.85. The summed E-state index contributed by atoms with van der Waals surface area (Å²) >= 11 is 1.29. The molecule has 0 saturated carbocycles. The van der Waals surface area contributed by atoms with Crippen LogP contribution in [0.1, 0.15) is 29.4 Å². The SMILES string of the molecule is CC(/C=N\N=C1\S/C(=C\c2cccc(OCc3ccccc3)c2)C(=O)N1Cc1ccco1)=C\c1ccccc1. The molecule has 1 fully saturated rings. The minimum Gasteiger partial charge on any atom is -0.489 e. The Hall–Kier alpha value is -4.62. The van der Waals surface area contributed by atoms with Gasteiger partial charge in [0.25, 0.3) is 5.91 Å². The fourth-order valence-electron chi connectivity index (χ4n) is 3.89. The Morgan fingerprint density at radius 2 is 1.72 bits per heavy atom. The van der Waals surface area contributed by atoms with Crippen LogP contribution < -0.4 is 4.74 Å². The third kappa shape index (κ3) is 7.24. The molecule has 0 N–H and O–H groups in total. The normalized spacial score (nSPS) is 16.1. The maximum Gasteiger partial charge on any atom is 0.267 e. The maximum absolute atomic E-state index is 13.4. The Kier molecular flexibility index (Phi) is 8.51. The average Bonchev–Trinajstić information content (AvgIpc) is 3.58. The van der Waals surface area contributed by atoms with E-state index in [9.17, 15) is 4.79 Å². The summed E-state index contributed by atoms with van der Waals surface area (Å²) in [6.45, 7) is 2.70. The van der Waals surface area contributed by atoms with Crippen molar-refractivity contribution in [2.75, 3.05) is 0 Å². The molecule has 1 aliphatic heterocycles. The highest BCUT2D eigenvalue weighted by molar-refractivity contribution is 8.18. The van der Waals surface area contributed by atoms with Gasteiger partial charge in [-0.15, -0.1) is 5.10 Å². The quantitative estimate of drug-likeness (QED) is 0.128. The van der Waals surface area contributed by atoms with Crippen molar-refractivity contribution in [1.29, 1.82) is 0 Å². The minimum atomic E-state index is -0.155. The number of amides is 1. The van der Waals surface area contributed by atoms with Crippen LogP contribution in [0.3, 0.4) is 0 Å². The summed E-state index contributed by atoms with van der Waals surface area (Å²) < 4.78 is 11.5. The zero-order chi connectivity index (χ0) is 26.9. The van der Waals surface area contributed by atoms with Crippen LogP contribution in [0.2, 0.25) is 0 Å². The number of thioether (sulfide) groups is 1. The molecular weight excluding hydrogens is 506 g/mol. The molecule has 0 bridgehead atoms. The molecule has 7 heteroatoms. The topological polar surface area (TPSA) is 67.4 Å². The number of furan rings is 1. The summed E-state index contributed by atoms with van der Waals surface area (Å²) in [5.74, 6) is 1.24. The van der Waals surface area contributed by atoms with Gasteiger partial charge in [-0.1, -0.05) is 78.9 Å². The van der Waals surface area contributed by atoms with E-state index in [0.29, 0.717) is 22.4 Å².